The molecule has 2 aliphatic heterocycles. The third-order valence-corrected chi connectivity index (χ3v) is 5.67. The Bertz CT molecular complexity index is 796. The summed E-state index contributed by atoms with van der Waals surface area (Å²) in [6.07, 6.45) is 15.1. The van der Waals surface area contributed by atoms with Crippen LogP contribution in [0.1, 0.15) is 12.8 Å². The van der Waals surface area contributed by atoms with Crippen LogP contribution in [0.15, 0.2) is 70.5 Å². The lowest BCUT2D eigenvalue weighted by molar-refractivity contribution is 0.390. The smallest absolute Gasteiger partial charge is 0.173 e. The topological polar surface area (TPSA) is 15.3 Å². The molecule has 2 unspecified atom stereocenters. The number of alkyl halides is 1. The number of nitrogens with zero attached hydrogens (tertiary/aromatic N) is 1. The Morgan fingerprint density at radius 3 is 2.96 bits per heavy atom. The molecule has 23 heavy (non-hydrogen) atoms. The molecular formula is C19H17FN2S. The number of halogens is 1. The molecule has 116 valence electrons. The van der Waals surface area contributed by atoms with Crippen LogP contribution in [0.3, 0.4) is 0 Å². The summed E-state index contributed by atoms with van der Waals surface area (Å²) in [6, 6.07) is 0.371. The van der Waals surface area contributed by atoms with E-state index in [-0.39, 0.29) is 5.92 Å². The van der Waals surface area contributed by atoms with Gasteiger partial charge in [-0.1, -0.05) is 36.5 Å². The van der Waals surface area contributed by atoms with Crippen LogP contribution in [-0.2, 0) is 0 Å². The summed E-state index contributed by atoms with van der Waals surface area (Å²) >= 11 is 5.53. The monoisotopic (exact) mass is 324 g/mol. The van der Waals surface area contributed by atoms with Crippen LogP contribution in [0.4, 0.5) is 4.39 Å². The van der Waals surface area contributed by atoms with Crippen molar-refractivity contribution < 1.29 is 4.39 Å². The molecule has 0 spiro atoms. The van der Waals surface area contributed by atoms with E-state index in [1.54, 1.807) is 6.08 Å². The van der Waals surface area contributed by atoms with Gasteiger partial charge in [-0.2, -0.15) is 0 Å². The summed E-state index contributed by atoms with van der Waals surface area (Å²) in [6.45, 7) is 0.880. The fraction of sp³-hybridized carbons (Fsp3) is 0.316. The number of allylic oxidation sites excluding steroid dienone is 11. The molecule has 0 bridgehead atoms. The van der Waals surface area contributed by atoms with E-state index in [2.05, 4.69) is 40.6 Å². The second kappa shape index (κ2) is 4.78. The lowest BCUT2D eigenvalue weighted by atomic mass is 9.88. The first kappa shape index (κ1) is 13.5. The lowest BCUT2D eigenvalue weighted by Crippen LogP contribution is -2.29. The highest BCUT2D eigenvalue weighted by molar-refractivity contribution is 7.80. The minimum absolute atomic E-state index is 0.278. The molecule has 0 aromatic heterocycles. The Labute approximate surface area is 140 Å². The maximum absolute atomic E-state index is 14.1. The molecule has 2 heterocycles. The number of hydrogen-bond donors (Lipinski definition) is 1. The number of fused-ring (bicyclic) bond motifs is 5. The van der Waals surface area contributed by atoms with E-state index >= 15 is 0 Å². The van der Waals surface area contributed by atoms with E-state index in [0.717, 1.165) is 29.2 Å². The van der Waals surface area contributed by atoms with Gasteiger partial charge in [0.25, 0.3) is 0 Å². The van der Waals surface area contributed by atoms with Gasteiger partial charge in [-0.05, 0) is 47.0 Å². The van der Waals surface area contributed by atoms with Gasteiger partial charge in [0.15, 0.2) is 5.11 Å². The Hall–Kier alpha value is -1.94. The van der Waals surface area contributed by atoms with Gasteiger partial charge in [0.2, 0.25) is 0 Å². The van der Waals surface area contributed by atoms with Crippen molar-refractivity contribution in [3.05, 3.63) is 70.5 Å². The fourth-order valence-corrected chi connectivity index (χ4v) is 4.66. The van der Waals surface area contributed by atoms with E-state index in [1.165, 1.54) is 16.8 Å². The van der Waals surface area contributed by atoms with Crippen molar-refractivity contribution >= 4 is 17.3 Å². The van der Waals surface area contributed by atoms with E-state index < -0.39 is 6.17 Å². The Kier molecular flexibility index (Phi) is 2.80. The Morgan fingerprint density at radius 2 is 2.04 bits per heavy atom. The summed E-state index contributed by atoms with van der Waals surface area (Å²) in [5.74, 6) is 0.278. The van der Waals surface area contributed by atoms with E-state index in [9.17, 15) is 4.39 Å². The average Bonchev–Trinajstić information content (AvgIpc) is 3.06. The molecule has 0 radical (unpaired) electrons. The van der Waals surface area contributed by atoms with Crippen molar-refractivity contribution in [2.45, 2.75) is 25.1 Å². The highest BCUT2D eigenvalue weighted by Gasteiger charge is 2.43. The lowest BCUT2D eigenvalue weighted by Gasteiger charge is -2.24. The van der Waals surface area contributed by atoms with Crippen LogP contribution in [-0.4, -0.2) is 28.8 Å². The number of hydrogen-bond acceptors (Lipinski definition) is 1. The molecule has 2 saturated heterocycles. The standard InChI is InChI=1S/C19H17FN2S/c20-13-6-5-12-7-11-3-1-2-4-15(11)17-9-14-10-21-19(23)22(14)18(17)16(12)8-13/h1-7,11,13-14H,8-10H2,(H,21,23)/t11?,13?,14-/m1/s1. The third kappa shape index (κ3) is 1.88. The molecule has 0 aromatic carbocycles. The van der Waals surface area contributed by atoms with E-state index in [0.29, 0.717) is 12.5 Å². The van der Waals surface area contributed by atoms with Crippen LogP contribution in [0.2, 0.25) is 0 Å². The summed E-state index contributed by atoms with van der Waals surface area (Å²) in [5, 5.41) is 4.07. The zero-order valence-corrected chi connectivity index (χ0v) is 13.4. The second-order valence-corrected chi connectivity index (χ2v) is 7.03. The van der Waals surface area contributed by atoms with Gasteiger partial charge in [-0.25, -0.2) is 4.39 Å². The molecule has 0 aromatic rings. The molecule has 5 rings (SSSR count). The van der Waals surface area contributed by atoms with Gasteiger partial charge in [0.05, 0.1) is 11.7 Å². The molecule has 0 saturated carbocycles. The van der Waals surface area contributed by atoms with Gasteiger partial charge in [0, 0.05) is 18.9 Å². The van der Waals surface area contributed by atoms with Gasteiger partial charge >= 0.3 is 0 Å². The molecule has 4 heteroatoms. The van der Waals surface area contributed by atoms with Crippen molar-refractivity contribution in [2.75, 3.05) is 6.54 Å². The van der Waals surface area contributed by atoms with Crippen molar-refractivity contribution in [3.63, 3.8) is 0 Å². The van der Waals surface area contributed by atoms with E-state index in [1.807, 2.05) is 6.08 Å². The second-order valence-electron chi connectivity index (χ2n) is 6.65. The Balaban J connectivity index is 1.79. The highest BCUT2D eigenvalue weighted by Crippen LogP contribution is 2.47. The van der Waals surface area contributed by atoms with Crippen LogP contribution < -0.4 is 5.32 Å². The fourth-order valence-electron chi connectivity index (χ4n) is 4.33. The molecule has 3 atom stereocenters. The zero-order chi connectivity index (χ0) is 15.6. The predicted molar refractivity (Wildman–Crippen MR) is 93.4 cm³/mol. The van der Waals surface area contributed by atoms with Gasteiger partial charge in [-0.15, -0.1) is 0 Å². The maximum Gasteiger partial charge on any atom is 0.173 e. The van der Waals surface area contributed by atoms with Crippen LogP contribution in [0.25, 0.3) is 0 Å². The van der Waals surface area contributed by atoms with Gasteiger partial charge in [-0.3, -0.25) is 0 Å². The number of thiocarbonyl (C=S) groups is 1. The third-order valence-electron chi connectivity index (χ3n) is 5.33. The average molecular weight is 324 g/mol. The minimum Gasteiger partial charge on any atom is -0.360 e. The molecule has 5 aliphatic rings. The van der Waals surface area contributed by atoms with Gasteiger partial charge in [0.1, 0.15) is 6.17 Å². The quantitative estimate of drug-likeness (QED) is 0.687. The van der Waals surface area contributed by atoms with Gasteiger partial charge < -0.3 is 10.2 Å². The number of nitrogens with one attached hydrogen (secondary N) is 1. The maximum atomic E-state index is 14.1. The highest BCUT2D eigenvalue weighted by atomic mass is 32.1. The normalized spacial score (nSPS) is 34.0. The van der Waals surface area contributed by atoms with Crippen LogP contribution >= 0.6 is 12.2 Å². The Morgan fingerprint density at radius 1 is 1.13 bits per heavy atom. The molecule has 2 fully saturated rings. The summed E-state index contributed by atoms with van der Waals surface area (Å²) in [4.78, 5) is 2.24. The molecule has 3 aliphatic carbocycles. The summed E-state index contributed by atoms with van der Waals surface area (Å²) < 4.78 is 14.1. The number of rotatable bonds is 0. The van der Waals surface area contributed by atoms with Crippen LogP contribution in [0, 0.1) is 5.92 Å². The first-order valence-corrected chi connectivity index (χ1v) is 8.56. The molecule has 2 nitrogen and oxygen atoms in total. The minimum atomic E-state index is -0.907. The summed E-state index contributed by atoms with van der Waals surface area (Å²) in [5.41, 5.74) is 6.14. The molecular weight excluding hydrogens is 307 g/mol. The molecule has 0 amide bonds. The van der Waals surface area contributed by atoms with Crippen molar-refractivity contribution in [1.29, 1.82) is 0 Å². The van der Waals surface area contributed by atoms with E-state index in [4.69, 9.17) is 12.2 Å². The zero-order valence-electron chi connectivity index (χ0n) is 12.6. The first-order chi connectivity index (χ1) is 11.2. The molecule has 1 N–H and O–H groups in total. The van der Waals surface area contributed by atoms with Crippen molar-refractivity contribution in [3.8, 4) is 0 Å². The van der Waals surface area contributed by atoms with Crippen molar-refractivity contribution in [1.82, 2.24) is 10.2 Å². The first-order valence-electron chi connectivity index (χ1n) is 8.15. The summed E-state index contributed by atoms with van der Waals surface area (Å²) in [7, 11) is 0. The predicted octanol–water partition coefficient (Wildman–Crippen LogP) is 3.48. The largest absolute Gasteiger partial charge is 0.360 e. The SMILES string of the molecule is FC1C=CC2=CC3C=CC=CC3=C3C[C@@H]4CNC(=S)N4C3=C2C1. The van der Waals surface area contributed by atoms with Crippen molar-refractivity contribution in [2.24, 2.45) is 5.92 Å². The van der Waals surface area contributed by atoms with Crippen LogP contribution in [0.5, 0.6) is 0 Å².